The summed E-state index contributed by atoms with van der Waals surface area (Å²) in [5, 5.41) is 0. The van der Waals surface area contributed by atoms with Crippen molar-refractivity contribution in [3.8, 4) is 0 Å². The van der Waals surface area contributed by atoms with E-state index in [1.165, 1.54) is 77.0 Å². The van der Waals surface area contributed by atoms with E-state index in [1.54, 1.807) is 0 Å². The molecule has 0 aromatic carbocycles. The summed E-state index contributed by atoms with van der Waals surface area (Å²) < 4.78 is 12.1. The molecule has 4 fully saturated rings. The molecule has 0 aliphatic heterocycles. The van der Waals surface area contributed by atoms with E-state index in [4.69, 9.17) is 9.47 Å². The normalized spacial score (nSPS) is 23.0. The Balaban J connectivity index is 1.23. The molecular weight excluding hydrogens is 488 g/mol. The molecule has 0 aromatic heterocycles. The van der Waals surface area contributed by atoms with Crippen LogP contribution in [-0.2, 0) is 19.1 Å². The van der Waals surface area contributed by atoms with Gasteiger partial charge in [-0.05, 0) is 51.4 Å². The average Bonchev–Trinajstić information content (AvgIpc) is 2.95. The summed E-state index contributed by atoms with van der Waals surface area (Å²) in [5.74, 6) is 0.354. The fourth-order valence-electron chi connectivity index (χ4n) is 7.87. The number of carbonyl (C=O) groups excluding carboxylic acids is 2. The first-order valence-corrected chi connectivity index (χ1v) is 16.7. The van der Waals surface area contributed by atoms with Gasteiger partial charge in [-0.1, -0.05) is 90.9 Å². The molecule has 4 saturated carbocycles. The lowest BCUT2D eigenvalue weighted by Crippen LogP contribution is -2.50. The van der Waals surface area contributed by atoms with Gasteiger partial charge in [-0.15, -0.1) is 0 Å². The zero-order valence-corrected chi connectivity index (χ0v) is 25.3. The molecule has 0 radical (unpaired) electrons. The molecule has 4 rings (SSSR count). The minimum Gasteiger partial charge on any atom is -0.371 e. The number of amides is 2. The molecule has 0 saturated heterocycles. The Kier molecular flexibility index (Phi) is 12.4. The van der Waals surface area contributed by atoms with Crippen LogP contribution in [0.25, 0.3) is 0 Å². The van der Waals surface area contributed by atoms with Crippen LogP contribution in [0.3, 0.4) is 0 Å². The molecule has 0 atom stereocenters. The van der Waals surface area contributed by atoms with Crippen LogP contribution in [-0.4, -0.2) is 72.2 Å². The summed E-state index contributed by atoms with van der Waals surface area (Å²) in [6, 6.07) is 1.60. The first-order valence-electron chi connectivity index (χ1n) is 16.7. The fraction of sp³-hybridized carbons (Fsp3) is 0.939. The molecule has 0 unspecified atom stereocenters. The molecule has 0 N–H and O–H groups in total. The highest BCUT2D eigenvalue weighted by molar-refractivity contribution is 5.78. The SMILES string of the molecule is CC(C)(COCC(=O)N(C1CCCCC1)C1CCCCC1)COCC(=O)N(C1CCCCC1)C1CCCCC1. The zero-order chi connectivity index (χ0) is 27.5. The summed E-state index contributed by atoms with van der Waals surface area (Å²) in [5.41, 5.74) is -0.248. The molecule has 4 aliphatic rings. The quantitative estimate of drug-likeness (QED) is 0.264. The van der Waals surface area contributed by atoms with Crippen molar-refractivity contribution in [2.75, 3.05) is 26.4 Å². The van der Waals surface area contributed by atoms with Crippen molar-refractivity contribution in [2.45, 2.75) is 166 Å². The summed E-state index contributed by atoms with van der Waals surface area (Å²) in [4.78, 5) is 31.3. The highest BCUT2D eigenvalue weighted by Gasteiger charge is 2.34. The standard InChI is InChI=1S/C33H58N2O4/c1-33(2,25-38-23-31(36)34(27-15-7-3-8-16-27)28-17-9-4-10-18-28)26-39-24-32(37)35(29-19-11-5-12-20-29)30-21-13-6-14-22-30/h27-30H,3-26H2,1-2H3. The van der Waals surface area contributed by atoms with E-state index in [2.05, 4.69) is 23.6 Å². The Morgan fingerprint density at radius 2 is 0.769 bits per heavy atom. The van der Waals surface area contributed by atoms with Crippen LogP contribution in [0.4, 0.5) is 0 Å². The highest BCUT2D eigenvalue weighted by atomic mass is 16.5. The molecule has 0 heterocycles. The molecule has 0 aromatic rings. The van der Waals surface area contributed by atoms with Crippen molar-refractivity contribution in [3.63, 3.8) is 0 Å². The second-order valence-corrected chi connectivity index (χ2v) is 13.9. The van der Waals surface area contributed by atoms with Gasteiger partial charge in [0, 0.05) is 29.6 Å². The molecule has 0 bridgehead atoms. The van der Waals surface area contributed by atoms with Gasteiger partial charge in [0.15, 0.2) is 0 Å². The minimum atomic E-state index is -0.248. The summed E-state index contributed by atoms with van der Waals surface area (Å²) in [6.45, 7) is 5.47. The van der Waals surface area contributed by atoms with Gasteiger partial charge in [0.2, 0.25) is 11.8 Å². The van der Waals surface area contributed by atoms with Crippen LogP contribution < -0.4 is 0 Å². The van der Waals surface area contributed by atoms with Gasteiger partial charge in [-0.3, -0.25) is 9.59 Å². The van der Waals surface area contributed by atoms with Gasteiger partial charge in [0.05, 0.1) is 13.2 Å². The zero-order valence-electron chi connectivity index (χ0n) is 25.3. The number of carbonyl (C=O) groups is 2. The maximum atomic E-state index is 13.4. The topological polar surface area (TPSA) is 59.1 Å². The van der Waals surface area contributed by atoms with Gasteiger partial charge in [0.25, 0.3) is 0 Å². The summed E-state index contributed by atoms with van der Waals surface area (Å²) in [7, 11) is 0. The highest BCUT2D eigenvalue weighted by Crippen LogP contribution is 2.32. The average molecular weight is 547 g/mol. The maximum absolute atomic E-state index is 13.4. The van der Waals surface area contributed by atoms with Crippen LogP contribution in [0, 0.1) is 5.41 Å². The third-order valence-electron chi connectivity index (χ3n) is 9.88. The molecule has 4 aliphatic carbocycles. The Labute approximate surface area is 238 Å². The first kappa shape index (κ1) is 30.8. The monoisotopic (exact) mass is 546 g/mol. The van der Waals surface area contributed by atoms with Gasteiger partial charge in [-0.2, -0.15) is 0 Å². The van der Waals surface area contributed by atoms with Crippen LogP contribution in [0.5, 0.6) is 0 Å². The number of hydrogen-bond acceptors (Lipinski definition) is 4. The van der Waals surface area contributed by atoms with Gasteiger partial charge in [0.1, 0.15) is 13.2 Å². The molecule has 2 amide bonds. The Hall–Kier alpha value is -1.14. The number of hydrogen-bond donors (Lipinski definition) is 0. The van der Waals surface area contributed by atoms with Crippen molar-refractivity contribution in [1.29, 1.82) is 0 Å². The molecular formula is C33H58N2O4. The smallest absolute Gasteiger partial charge is 0.249 e. The first-order chi connectivity index (χ1) is 18.9. The van der Waals surface area contributed by atoms with Crippen molar-refractivity contribution in [2.24, 2.45) is 5.41 Å². The number of nitrogens with zero attached hydrogens (tertiary/aromatic N) is 2. The Morgan fingerprint density at radius 1 is 0.513 bits per heavy atom. The van der Waals surface area contributed by atoms with E-state index in [1.807, 2.05) is 0 Å². The predicted octanol–water partition coefficient (Wildman–Crippen LogP) is 7.03. The van der Waals surface area contributed by atoms with Crippen molar-refractivity contribution >= 4 is 11.8 Å². The van der Waals surface area contributed by atoms with Gasteiger partial charge in [-0.25, -0.2) is 0 Å². The molecule has 224 valence electrons. The maximum Gasteiger partial charge on any atom is 0.249 e. The minimum absolute atomic E-state index is 0.159. The molecule has 39 heavy (non-hydrogen) atoms. The third kappa shape index (κ3) is 9.45. The van der Waals surface area contributed by atoms with Gasteiger partial charge >= 0.3 is 0 Å². The van der Waals surface area contributed by atoms with Crippen LogP contribution in [0.2, 0.25) is 0 Å². The second-order valence-electron chi connectivity index (χ2n) is 13.9. The van der Waals surface area contributed by atoms with E-state index in [0.29, 0.717) is 37.4 Å². The molecule has 6 nitrogen and oxygen atoms in total. The van der Waals surface area contributed by atoms with E-state index >= 15 is 0 Å². The number of rotatable bonds is 12. The molecule has 6 heteroatoms. The van der Waals surface area contributed by atoms with Crippen LogP contribution >= 0.6 is 0 Å². The van der Waals surface area contributed by atoms with Crippen molar-refractivity contribution < 1.29 is 19.1 Å². The van der Waals surface area contributed by atoms with E-state index < -0.39 is 0 Å². The van der Waals surface area contributed by atoms with Crippen LogP contribution in [0.15, 0.2) is 0 Å². The lowest BCUT2D eigenvalue weighted by molar-refractivity contribution is -0.146. The largest absolute Gasteiger partial charge is 0.371 e. The lowest BCUT2D eigenvalue weighted by atomic mass is 9.88. The lowest BCUT2D eigenvalue weighted by Gasteiger charge is -2.42. The third-order valence-corrected chi connectivity index (χ3v) is 9.88. The van der Waals surface area contributed by atoms with Gasteiger partial charge < -0.3 is 19.3 Å². The van der Waals surface area contributed by atoms with E-state index in [-0.39, 0.29) is 30.4 Å². The molecule has 0 spiro atoms. The van der Waals surface area contributed by atoms with Crippen molar-refractivity contribution in [1.82, 2.24) is 9.80 Å². The van der Waals surface area contributed by atoms with Crippen LogP contribution in [0.1, 0.15) is 142 Å². The Morgan fingerprint density at radius 3 is 1.03 bits per heavy atom. The summed E-state index contributed by atoms with van der Waals surface area (Å²) >= 11 is 0. The number of ether oxygens (including phenoxy) is 2. The van der Waals surface area contributed by atoms with E-state index in [9.17, 15) is 9.59 Å². The van der Waals surface area contributed by atoms with Crippen molar-refractivity contribution in [3.05, 3.63) is 0 Å². The second kappa shape index (κ2) is 15.7. The van der Waals surface area contributed by atoms with E-state index in [0.717, 1.165) is 51.4 Å². The predicted molar refractivity (Wildman–Crippen MR) is 157 cm³/mol. The summed E-state index contributed by atoms with van der Waals surface area (Å²) in [6.07, 6.45) is 24.3. The Bertz CT molecular complexity index is 636. The fourth-order valence-corrected chi connectivity index (χ4v) is 7.87.